The molecule has 0 unspecified atom stereocenters. The summed E-state index contributed by atoms with van der Waals surface area (Å²) in [6.07, 6.45) is 43.7. The molecule has 0 saturated heterocycles. The minimum atomic E-state index is 0.823. The normalized spacial score (nSPS) is 10.6. The number of hydrogen-bond acceptors (Lipinski definition) is 7. The van der Waals surface area contributed by atoms with Crippen LogP contribution in [-0.4, -0.2) is 46.2 Å². The molecule has 0 aromatic heterocycles. The van der Waals surface area contributed by atoms with E-state index in [4.69, 9.17) is 33.2 Å². The van der Waals surface area contributed by atoms with Crippen LogP contribution < -0.4 is 33.2 Å². The van der Waals surface area contributed by atoms with Crippen molar-refractivity contribution >= 4 is 0 Å². The van der Waals surface area contributed by atoms with E-state index in [1.165, 1.54) is 235 Å². The average Bonchev–Trinajstić information content (AvgIpc) is 1.00. The maximum absolute atomic E-state index is 6.00. The number of hydrogen-bond donors (Lipinski definition) is 0. The van der Waals surface area contributed by atoms with Crippen LogP contribution in [0.5, 0.6) is 40.2 Å². The van der Waals surface area contributed by atoms with Gasteiger partial charge in [0.15, 0.2) is 0 Å². The van der Waals surface area contributed by atoms with Gasteiger partial charge in [0.05, 0.1) is 46.2 Å². The van der Waals surface area contributed by atoms with Gasteiger partial charge < -0.3 is 33.2 Å². The molecule has 95 heavy (non-hydrogen) atoms. The summed E-state index contributed by atoms with van der Waals surface area (Å²) in [4.78, 5) is 0. The topological polar surface area (TPSA) is 64.6 Å². The lowest BCUT2D eigenvalue weighted by Gasteiger charge is -2.14. The number of benzene rings is 5. The predicted molar refractivity (Wildman–Crippen MR) is 415 cm³/mol. The summed E-state index contributed by atoms with van der Waals surface area (Å²) < 4.78 is 41.0. The van der Waals surface area contributed by atoms with Crippen molar-refractivity contribution in [3.63, 3.8) is 0 Å². The van der Waals surface area contributed by atoms with Crippen LogP contribution in [0.3, 0.4) is 0 Å². The molecular weight excluding hydrogens is 1170 g/mol. The number of unbranched alkanes of at least 4 members (excludes halogenated alkanes) is 27. The Balaban J connectivity index is 0.000000610. The van der Waals surface area contributed by atoms with Gasteiger partial charge in [0.1, 0.15) is 40.2 Å². The van der Waals surface area contributed by atoms with Crippen LogP contribution in [0.1, 0.15) is 322 Å². The first-order chi connectivity index (χ1) is 46.1. The molecule has 0 atom stereocenters. The van der Waals surface area contributed by atoms with Crippen molar-refractivity contribution in [1.29, 1.82) is 0 Å². The van der Waals surface area contributed by atoms with Gasteiger partial charge in [0, 0.05) is 0 Å². The first-order valence-corrected chi connectivity index (χ1v) is 38.9. The summed E-state index contributed by atoms with van der Waals surface area (Å²) in [5, 5.41) is 0. The smallest absolute Gasteiger partial charge is 0.125 e. The lowest BCUT2D eigenvalue weighted by atomic mass is 10.1. The maximum Gasteiger partial charge on any atom is 0.125 e. The molecule has 0 bridgehead atoms. The first kappa shape index (κ1) is 87.7. The Morgan fingerprint density at radius 1 is 0.189 bits per heavy atom. The molecule has 0 N–H and O–H groups in total. The Kier molecular flexibility index (Phi) is 55.3. The van der Waals surface area contributed by atoms with E-state index in [0.717, 1.165) is 125 Å². The summed E-state index contributed by atoms with van der Waals surface area (Å²) in [5.74, 6) is 7.15. The second kappa shape index (κ2) is 59.9. The fourth-order valence-electron chi connectivity index (χ4n) is 11.2. The highest BCUT2D eigenvalue weighted by atomic mass is 16.5. The Bertz CT molecular complexity index is 2530. The summed E-state index contributed by atoms with van der Waals surface area (Å²) in [6.45, 7) is 42.6. The molecule has 0 aliphatic rings. The van der Waals surface area contributed by atoms with E-state index >= 15 is 0 Å². The van der Waals surface area contributed by atoms with E-state index in [1.54, 1.807) is 0 Å². The number of ether oxygens (including phenoxy) is 7. The van der Waals surface area contributed by atoms with Gasteiger partial charge in [0.25, 0.3) is 0 Å². The van der Waals surface area contributed by atoms with Gasteiger partial charge in [-0.25, -0.2) is 0 Å². The third-order valence-corrected chi connectivity index (χ3v) is 17.2. The van der Waals surface area contributed by atoms with Crippen LogP contribution in [0.4, 0.5) is 0 Å². The molecule has 7 heteroatoms. The summed E-state index contributed by atoms with van der Waals surface area (Å²) in [5.41, 5.74) is 12.4. The van der Waals surface area contributed by atoms with Crippen molar-refractivity contribution in [2.75, 3.05) is 46.2 Å². The maximum atomic E-state index is 6.00. The molecule has 0 saturated carbocycles. The summed E-state index contributed by atoms with van der Waals surface area (Å²) >= 11 is 0. The second-order valence-corrected chi connectivity index (χ2v) is 27.1. The van der Waals surface area contributed by atoms with Crippen LogP contribution in [0.15, 0.2) is 78.9 Å². The van der Waals surface area contributed by atoms with Crippen molar-refractivity contribution in [3.05, 3.63) is 134 Å². The van der Waals surface area contributed by atoms with Gasteiger partial charge >= 0.3 is 0 Å². The zero-order valence-corrected chi connectivity index (χ0v) is 64.9. The zero-order valence-electron chi connectivity index (χ0n) is 64.9. The molecule has 0 aliphatic carbocycles. The van der Waals surface area contributed by atoms with E-state index in [2.05, 4.69) is 190 Å². The molecule has 0 radical (unpaired) electrons. The Morgan fingerprint density at radius 3 is 0.747 bits per heavy atom. The molecular formula is C88H146O7. The van der Waals surface area contributed by atoms with Crippen LogP contribution in [0.25, 0.3) is 0 Å². The first-order valence-electron chi connectivity index (χ1n) is 38.9. The SMILES string of the molecule is CCCCCCCCOc1cc(C)c(OCCCCCCCC)cc1C.CCCCCCCCOc1ccc(C)cc1C.CCCCCCCCOc1ccc(OCCCCCCCC)c(C)c1.CCCCOc1c(C)cc(C)cc1C.CCCCOc1ccc(C)cc1C. The molecule has 0 spiro atoms. The van der Waals surface area contributed by atoms with Crippen molar-refractivity contribution < 1.29 is 33.2 Å². The van der Waals surface area contributed by atoms with Gasteiger partial charge in [-0.2, -0.15) is 0 Å². The van der Waals surface area contributed by atoms with Gasteiger partial charge in [-0.05, 0) is 196 Å². The second-order valence-electron chi connectivity index (χ2n) is 27.1. The number of rotatable bonds is 48. The summed E-state index contributed by atoms with van der Waals surface area (Å²) in [7, 11) is 0. The van der Waals surface area contributed by atoms with Gasteiger partial charge in [-0.3, -0.25) is 0 Å². The fourth-order valence-corrected chi connectivity index (χ4v) is 11.2. The van der Waals surface area contributed by atoms with E-state index in [-0.39, 0.29) is 0 Å². The monoisotopic (exact) mass is 1320 g/mol. The minimum absolute atomic E-state index is 0.823. The van der Waals surface area contributed by atoms with Crippen LogP contribution in [0, 0.1) is 69.2 Å². The van der Waals surface area contributed by atoms with Crippen molar-refractivity contribution in [2.45, 2.75) is 336 Å². The third-order valence-electron chi connectivity index (χ3n) is 17.2. The third kappa shape index (κ3) is 45.8. The van der Waals surface area contributed by atoms with Gasteiger partial charge in [-0.1, -0.05) is 275 Å². The lowest BCUT2D eigenvalue weighted by molar-refractivity contribution is 0.293. The highest BCUT2D eigenvalue weighted by Crippen LogP contribution is 2.30. The molecule has 5 aromatic carbocycles. The van der Waals surface area contributed by atoms with Crippen LogP contribution in [0.2, 0.25) is 0 Å². The molecule has 5 rings (SSSR count). The minimum Gasteiger partial charge on any atom is -0.494 e. The standard InChI is InChI=1S/C24H42O2.C23H40O2.C16H26O.C13H20O.C12H18O/c1-5-7-9-11-13-15-17-25-23-19-22(4)24(20-21(23)3)26-18-16-14-12-10-8-6-2;1-4-6-8-10-12-14-18-24-22-16-17-23(21(3)20-22)25-19-15-13-11-9-7-5-2;1-4-5-6-7-8-9-12-17-16-11-10-14(2)13-15(16)3;1-5-6-7-14-13-11(3)8-10(2)9-12(13)4;1-4-5-8-13-12-7-6-10(2)9-11(12)3/h19-20H,5-18H2,1-4H3;16-17,20H,4-15,18-19H2,1-3H3;10-11,13H,4-9,12H2,1-3H3;8-9H,5-7H2,1-4H3;6-7,9H,4-5,8H2,1-3H3. The van der Waals surface area contributed by atoms with Crippen molar-refractivity contribution in [2.24, 2.45) is 0 Å². The van der Waals surface area contributed by atoms with E-state index in [0.29, 0.717) is 0 Å². The van der Waals surface area contributed by atoms with Crippen molar-refractivity contribution in [3.8, 4) is 40.2 Å². The predicted octanol–water partition coefficient (Wildman–Crippen LogP) is 27.6. The zero-order chi connectivity index (χ0) is 69.9. The fraction of sp³-hybridized carbons (Fsp3) is 0.659. The highest BCUT2D eigenvalue weighted by molar-refractivity contribution is 5.46. The Hall–Kier alpha value is -5.30. The lowest BCUT2D eigenvalue weighted by Crippen LogP contribution is -2.02. The van der Waals surface area contributed by atoms with Crippen LogP contribution >= 0.6 is 0 Å². The largest absolute Gasteiger partial charge is 0.494 e. The Morgan fingerprint density at radius 2 is 0.432 bits per heavy atom. The number of aryl methyl sites for hydroxylation is 10. The van der Waals surface area contributed by atoms with Crippen molar-refractivity contribution in [1.82, 2.24) is 0 Å². The van der Waals surface area contributed by atoms with E-state index in [1.807, 2.05) is 6.07 Å². The molecule has 7 nitrogen and oxygen atoms in total. The van der Waals surface area contributed by atoms with Gasteiger partial charge in [0.2, 0.25) is 0 Å². The molecule has 0 fully saturated rings. The molecule has 540 valence electrons. The molecule has 0 heterocycles. The molecule has 0 amide bonds. The molecule has 5 aromatic rings. The highest BCUT2D eigenvalue weighted by Gasteiger charge is 2.09. The molecule has 0 aliphatic heterocycles. The average molecular weight is 1320 g/mol. The Labute approximate surface area is 587 Å². The van der Waals surface area contributed by atoms with Crippen LogP contribution in [-0.2, 0) is 0 Å². The van der Waals surface area contributed by atoms with E-state index < -0.39 is 0 Å². The van der Waals surface area contributed by atoms with E-state index in [9.17, 15) is 0 Å². The summed E-state index contributed by atoms with van der Waals surface area (Å²) in [6, 6.07) is 27.5. The van der Waals surface area contributed by atoms with Gasteiger partial charge in [-0.15, -0.1) is 0 Å². The quantitative estimate of drug-likeness (QED) is 0.0360.